The molecule has 0 aliphatic heterocycles. The molecule has 3 aromatic carbocycles. The van der Waals surface area contributed by atoms with E-state index in [4.69, 9.17) is 11.6 Å². The number of nitrogens with one attached hydrogen (secondary N) is 2. The van der Waals surface area contributed by atoms with Crippen LogP contribution in [0.15, 0.2) is 77.7 Å². The number of hydrogen-bond donors (Lipinski definition) is 2. The summed E-state index contributed by atoms with van der Waals surface area (Å²) in [6, 6.07) is 17.5. The molecule has 29 heavy (non-hydrogen) atoms. The second-order valence-corrected chi connectivity index (χ2v) is 7.93. The molecule has 0 radical (unpaired) electrons. The molecule has 0 aliphatic carbocycles. The van der Waals surface area contributed by atoms with Crippen molar-refractivity contribution in [3.8, 4) is 0 Å². The maximum Gasteiger partial charge on any atom is 0.292 e. The van der Waals surface area contributed by atoms with E-state index in [1.54, 1.807) is 30.3 Å². The number of nitrogens with zero attached hydrogens (tertiary/aromatic N) is 1. The third-order valence-electron chi connectivity index (χ3n) is 3.87. The largest absolute Gasteiger partial charge is 0.316 e. The highest BCUT2D eigenvalue weighted by Gasteiger charge is 2.21. The minimum absolute atomic E-state index is 0.000236. The van der Waals surface area contributed by atoms with E-state index >= 15 is 0 Å². The van der Waals surface area contributed by atoms with Gasteiger partial charge in [0.1, 0.15) is 5.69 Å². The number of nitro benzene ring substituents is 1. The highest BCUT2D eigenvalue weighted by molar-refractivity contribution is 7.92. The van der Waals surface area contributed by atoms with E-state index in [0.29, 0.717) is 5.69 Å². The van der Waals surface area contributed by atoms with Crippen LogP contribution in [0.5, 0.6) is 0 Å². The lowest BCUT2D eigenvalue weighted by atomic mass is 10.2. The molecule has 0 aliphatic rings. The number of benzene rings is 3. The Balaban J connectivity index is 1.91. The molecule has 3 aromatic rings. The predicted octanol–water partition coefficient (Wildman–Crippen LogP) is 4.30. The summed E-state index contributed by atoms with van der Waals surface area (Å²) >= 11 is 6.06. The molecule has 0 fully saturated rings. The molecule has 0 aromatic heterocycles. The maximum absolute atomic E-state index is 12.6. The first-order valence-electron chi connectivity index (χ1n) is 8.20. The number of amides is 1. The van der Waals surface area contributed by atoms with Gasteiger partial charge in [-0.25, -0.2) is 8.42 Å². The van der Waals surface area contributed by atoms with Gasteiger partial charge in [0.25, 0.3) is 21.6 Å². The fraction of sp³-hybridized carbons (Fsp3) is 0. The zero-order valence-electron chi connectivity index (χ0n) is 14.7. The van der Waals surface area contributed by atoms with Gasteiger partial charge in [0, 0.05) is 11.8 Å². The van der Waals surface area contributed by atoms with Gasteiger partial charge in [0.2, 0.25) is 0 Å². The molecule has 148 valence electrons. The van der Waals surface area contributed by atoms with Crippen molar-refractivity contribution in [3.05, 3.63) is 93.5 Å². The fourth-order valence-electron chi connectivity index (χ4n) is 2.49. The van der Waals surface area contributed by atoms with Crippen LogP contribution in [0.3, 0.4) is 0 Å². The average Bonchev–Trinajstić information content (AvgIpc) is 2.68. The molecule has 10 heteroatoms. The predicted molar refractivity (Wildman–Crippen MR) is 110 cm³/mol. The molecule has 0 bridgehead atoms. The number of nitro groups is 1. The summed E-state index contributed by atoms with van der Waals surface area (Å²) in [6.07, 6.45) is 0. The Bertz CT molecular complexity index is 1180. The Morgan fingerprint density at radius 2 is 1.62 bits per heavy atom. The highest BCUT2D eigenvalue weighted by Crippen LogP contribution is 2.27. The second kappa shape index (κ2) is 8.29. The van der Waals surface area contributed by atoms with Gasteiger partial charge in [-0.3, -0.25) is 19.6 Å². The Kier molecular flexibility index (Phi) is 5.81. The van der Waals surface area contributed by atoms with Crippen LogP contribution < -0.4 is 10.0 Å². The topological polar surface area (TPSA) is 118 Å². The van der Waals surface area contributed by atoms with E-state index in [1.165, 1.54) is 36.4 Å². The van der Waals surface area contributed by atoms with E-state index < -0.39 is 20.9 Å². The average molecular weight is 432 g/mol. The van der Waals surface area contributed by atoms with Crippen LogP contribution in [0.25, 0.3) is 0 Å². The molecule has 0 spiro atoms. The van der Waals surface area contributed by atoms with Gasteiger partial charge in [-0.1, -0.05) is 41.9 Å². The van der Waals surface area contributed by atoms with Crippen LogP contribution in [0.4, 0.5) is 17.1 Å². The van der Waals surface area contributed by atoms with Crippen LogP contribution in [0.1, 0.15) is 10.4 Å². The van der Waals surface area contributed by atoms with Crippen molar-refractivity contribution >= 4 is 44.6 Å². The monoisotopic (exact) mass is 431 g/mol. The SMILES string of the molecule is O=C(Nc1ccccc1[N+](=O)[O-])c1cc(S(=O)(=O)Nc2ccccc2)ccc1Cl. The highest BCUT2D eigenvalue weighted by atomic mass is 35.5. The normalized spacial score (nSPS) is 10.9. The zero-order valence-corrected chi connectivity index (χ0v) is 16.3. The summed E-state index contributed by atoms with van der Waals surface area (Å²) < 4.78 is 27.6. The van der Waals surface area contributed by atoms with Gasteiger partial charge in [-0.2, -0.15) is 0 Å². The summed E-state index contributed by atoms with van der Waals surface area (Å²) in [4.78, 5) is 22.9. The lowest BCUT2D eigenvalue weighted by Gasteiger charge is -2.11. The van der Waals surface area contributed by atoms with Crippen LogP contribution in [-0.4, -0.2) is 19.2 Å². The fourth-order valence-corrected chi connectivity index (χ4v) is 3.78. The second-order valence-electron chi connectivity index (χ2n) is 5.84. The van der Waals surface area contributed by atoms with Crippen LogP contribution in [-0.2, 0) is 10.0 Å². The summed E-state index contributed by atoms with van der Waals surface area (Å²) in [5, 5.41) is 13.5. The number of hydrogen-bond acceptors (Lipinski definition) is 5. The quantitative estimate of drug-likeness (QED) is 0.445. The molecule has 2 N–H and O–H groups in total. The molecule has 8 nitrogen and oxygen atoms in total. The molecule has 3 rings (SSSR count). The number of sulfonamides is 1. The number of halogens is 1. The van der Waals surface area contributed by atoms with Crippen LogP contribution >= 0.6 is 11.6 Å². The van der Waals surface area contributed by atoms with Gasteiger partial charge in [0.15, 0.2) is 0 Å². The summed E-state index contributed by atoms with van der Waals surface area (Å²) in [5.41, 5.74) is -0.116. The Labute approximate surface area is 171 Å². The van der Waals surface area contributed by atoms with E-state index in [1.807, 2.05) is 0 Å². The Hall–Kier alpha value is -3.43. The summed E-state index contributed by atoms with van der Waals surface area (Å²) in [5.74, 6) is -0.777. The first kappa shape index (κ1) is 20.3. The standard InChI is InChI=1S/C19H14ClN3O5S/c20-16-11-10-14(29(27,28)22-13-6-2-1-3-7-13)12-15(16)19(24)21-17-8-4-5-9-18(17)23(25)26/h1-12,22H,(H,21,24). The van der Waals surface area contributed by atoms with Crippen molar-refractivity contribution in [2.75, 3.05) is 10.0 Å². The minimum Gasteiger partial charge on any atom is -0.316 e. The van der Waals surface area contributed by atoms with E-state index in [2.05, 4.69) is 10.0 Å². The van der Waals surface area contributed by atoms with Gasteiger partial charge in [-0.15, -0.1) is 0 Å². The van der Waals surface area contributed by atoms with Crippen molar-refractivity contribution in [1.29, 1.82) is 0 Å². The molecular weight excluding hydrogens is 418 g/mol. The molecule has 0 heterocycles. The minimum atomic E-state index is -3.98. The smallest absolute Gasteiger partial charge is 0.292 e. The van der Waals surface area contributed by atoms with Gasteiger partial charge >= 0.3 is 0 Å². The third-order valence-corrected chi connectivity index (χ3v) is 5.58. The number of carbonyl (C=O) groups excluding carboxylic acids is 1. The van der Waals surface area contributed by atoms with Crippen molar-refractivity contribution in [2.24, 2.45) is 0 Å². The summed E-state index contributed by atoms with van der Waals surface area (Å²) in [6.45, 7) is 0. The van der Waals surface area contributed by atoms with E-state index in [0.717, 1.165) is 6.07 Å². The number of para-hydroxylation sites is 3. The molecule has 0 saturated carbocycles. The zero-order chi connectivity index (χ0) is 21.0. The number of carbonyl (C=O) groups is 1. The van der Waals surface area contributed by atoms with Crippen molar-refractivity contribution < 1.29 is 18.1 Å². The molecular formula is C19H14ClN3O5S. The van der Waals surface area contributed by atoms with Crippen molar-refractivity contribution in [3.63, 3.8) is 0 Å². The molecule has 0 atom stereocenters. The number of anilines is 2. The van der Waals surface area contributed by atoms with Crippen LogP contribution in [0, 0.1) is 10.1 Å². The molecule has 0 saturated heterocycles. The van der Waals surface area contributed by atoms with Gasteiger partial charge in [0.05, 0.1) is 20.4 Å². The lowest BCUT2D eigenvalue weighted by Crippen LogP contribution is -2.17. The van der Waals surface area contributed by atoms with Crippen molar-refractivity contribution in [1.82, 2.24) is 0 Å². The third kappa shape index (κ3) is 4.71. The maximum atomic E-state index is 12.6. The van der Waals surface area contributed by atoms with Crippen molar-refractivity contribution in [2.45, 2.75) is 4.90 Å². The Morgan fingerprint density at radius 3 is 2.31 bits per heavy atom. The molecule has 1 amide bonds. The van der Waals surface area contributed by atoms with Gasteiger partial charge < -0.3 is 5.32 Å². The first-order chi connectivity index (χ1) is 13.8. The summed E-state index contributed by atoms with van der Waals surface area (Å²) in [7, 11) is -3.98. The first-order valence-corrected chi connectivity index (χ1v) is 10.1. The lowest BCUT2D eigenvalue weighted by molar-refractivity contribution is -0.383. The van der Waals surface area contributed by atoms with E-state index in [-0.39, 0.29) is 26.9 Å². The Morgan fingerprint density at radius 1 is 0.966 bits per heavy atom. The molecule has 0 unspecified atom stereocenters. The van der Waals surface area contributed by atoms with Gasteiger partial charge in [-0.05, 0) is 36.4 Å². The number of rotatable bonds is 6. The van der Waals surface area contributed by atoms with Crippen LogP contribution in [0.2, 0.25) is 5.02 Å². The van der Waals surface area contributed by atoms with E-state index in [9.17, 15) is 23.3 Å².